The third-order valence-corrected chi connectivity index (χ3v) is 6.09. The molecule has 0 spiro atoms. The molecule has 36 heavy (non-hydrogen) atoms. The molecule has 7 nitrogen and oxygen atoms in total. The maximum atomic E-state index is 12.9. The second-order valence-electron chi connectivity index (χ2n) is 9.27. The van der Waals surface area contributed by atoms with Crippen molar-refractivity contribution in [2.45, 2.75) is 20.3 Å². The maximum absolute atomic E-state index is 12.9. The van der Waals surface area contributed by atoms with Gasteiger partial charge >= 0.3 is 0 Å². The molecule has 5 rings (SSSR count). The molecule has 0 fully saturated rings. The van der Waals surface area contributed by atoms with E-state index < -0.39 is 5.91 Å². The molecule has 1 amide bonds. The first-order chi connectivity index (χ1) is 17.4. The molecular weight excluding hydrogens is 450 g/mol. The number of nitrogens with zero attached hydrogens (tertiary/aromatic N) is 3. The summed E-state index contributed by atoms with van der Waals surface area (Å²) in [7, 11) is 0. The zero-order valence-electron chi connectivity index (χ0n) is 20.2. The van der Waals surface area contributed by atoms with E-state index in [1.54, 1.807) is 18.2 Å². The van der Waals surface area contributed by atoms with E-state index in [0.717, 1.165) is 45.9 Å². The van der Waals surface area contributed by atoms with Gasteiger partial charge in [0.15, 0.2) is 17.2 Å². The monoisotopic (exact) mass is 477 g/mol. The topological polar surface area (TPSA) is 102 Å². The zero-order valence-corrected chi connectivity index (χ0v) is 20.2. The Morgan fingerprint density at radius 3 is 2.50 bits per heavy atom. The van der Waals surface area contributed by atoms with Crippen LogP contribution in [0.15, 0.2) is 79.0 Å². The number of aromatic nitrogens is 3. The number of benzene rings is 3. The van der Waals surface area contributed by atoms with Gasteiger partial charge in [-0.15, -0.1) is 0 Å². The molecule has 0 radical (unpaired) electrons. The second kappa shape index (κ2) is 9.62. The van der Waals surface area contributed by atoms with Crippen LogP contribution in [0.4, 0.5) is 5.82 Å². The predicted octanol–water partition coefficient (Wildman–Crippen LogP) is 5.14. The average molecular weight is 478 g/mol. The van der Waals surface area contributed by atoms with Gasteiger partial charge in [-0.05, 0) is 35.7 Å². The molecule has 5 aromatic rings. The van der Waals surface area contributed by atoms with Crippen molar-refractivity contribution in [1.82, 2.24) is 14.4 Å². The van der Waals surface area contributed by atoms with Crippen molar-refractivity contribution in [3.05, 3.63) is 95.7 Å². The van der Waals surface area contributed by atoms with E-state index in [4.69, 9.17) is 15.7 Å². The van der Waals surface area contributed by atoms with Gasteiger partial charge in [0.1, 0.15) is 0 Å². The largest absolute Gasteiger partial charge is 0.367 e. The molecular formula is C29H27N5O2. The molecule has 3 aromatic carbocycles. The lowest BCUT2D eigenvalue weighted by atomic mass is 10.00. The summed E-state index contributed by atoms with van der Waals surface area (Å²) >= 11 is 0. The number of anilines is 1. The molecule has 0 aliphatic heterocycles. The number of carbonyl (C=O) groups excluding carboxylic acids is 2. The van der Waals surface area contributed by atoms with Gasteiger partial charge in [-0.1, -0.05) is 62.4 Å². The lowest BCUT2D eigenvalue weighted by molar-refractivity contribution is 0.0984. The summed E-state index contributed by atoms with van der Waals surface area (Å²) in [5.74, 6) is 0.679. The van der Waals surface area contributed by atoms with E-state index in [0.29, 0.717) is 17.0 Å². The van der Waals surface area contributed by atoms with Gasteiger partial charge < -0.3 is 11.1 Å². The summed E-state index contributed by atoms with van der Waals surface area (Å²) in [4.78, 5) is 33.8. The highest BCUT2D eigenvalue weighted by Gasteiger charge is 2.16. The second-order valence-corrected chi connectivity index (χ2v) is 9.27. The number of nitrogens with two attached hydrogens (primary N) is 1. The van der Waals surface area contributed by atoms with Crippen LogP contribution in [-0.2, 0) is 6.42 Å². The fourth-order valence-electron chi connectivity index (χ4n) is 4.25. The van der Waals surface area contributed by atoms with Crippen LogP contribution in [0.5, 0.6) is 0 Å². The number of carbonyl (C=O) groups is 2. The molecule has 0 unspecified atom stereocenters. The molecule has 0 bridgehead atoms. The van der Waals surface area contributed by atoms with Crippen molar-refractivity contribution < 1.29 is 9.59 Å². The van der Waals surface area contributed by atoms with Crippen molar-refractivity contribution in [3.8, 4) is 11.3 Å². The van der Waals surface area contributed by atoms with Crippen LogP contribution in [0.1, 0.15) is 40.1 Å². The van der Waals surface area contributed by atoms with Gasteiger partial charge in [0.2, 0.25) is 5.91 Å². The quantitative estimate of drug-likeness (QED) is 0.301. The SMILES string of the molecule is CC(C)CNc1nc2ccccc2n2c(-c3ccc(C(=O)Cc4cccc(C(N)=O)c4)cc3)cnc12. The van der Waals surface area contributed by atoms with Crippen molar-refractivity contribution in [1.29, 1.82) is 0 Å². The third kappa shape index (κ3) is 4.55. The third-order valence-electron chi connectivity index (χ3n) is 6.09. The summed E-state index contributed by atoms with van der Waals surface area (Å²) in [5.41, 5.74) is 11.6. The van der Waals surface area contributed by atoms with Crippen LogP contribution >= 0.6 is 0 Å². The number of para-hydroxylation sites is 2. The zero-order chi connectivity index (χ0) is 25.2. The number of fused-ring (bicyclic) bond motifs is 3. The number of hydrogen-bond acceptors (Lipinski definition) is 5. The summed E-state index contributed by atoms with van der Waals surface area (Å²) in [6, 6.07) is 22.4. The Morgan fingerprint density at radius 1 is 0.972 bits per heavy atom. The first-order valence-corrected chi connectivity index (χ1v) is 11.9. The van der Waals surface area contributed by atoms with E-state index in [1.165, 1.54) is 0 Å². The van der Waals surface area contributed by atoms with Crippen molar-refractivity contribution >= 4 is 34.2 Å². The van der Waals surface area contributed by atoms with E-state index in [9.17, 15) is 9.59 Å². The molecule has 0 atom stereocenters. The maximum Gasteiger partial charge on any atom is 0.248 e. The van der Waals surface area contributed by atoms with Crippen LogP contribution in [-0.4, -0.2) is 32.6 Å². The minimum absolute atomic E-state index is 0.0314. The van der Waals surface area contributed by atoms with Gasteiger partial charge in [0.25, 0.3) is 0 Å². The summed E-state index contributed by atoms with van der Waals surface area (Å²) in [5, 5.41) is 3.43. The molecule has 0 saturated carbocycles. The molecule has 0 saturated heterocycles. The van der Waals surface area contributed by atoms with Crippen molar-refractivity contribution in [3.63, 3.8) is 0 Å². The Hall–Kier alpha value is -4.52. The highest BCUT2D eigenvalue weighted by Crippen LogP contribution is 2.29. The van der Waals surface area contributed by atoms with Crippen LogP contribution in [0, 0.1) is 5.92 Å². The fourth-order valence-corrected chi connectivity index (χ4v) is 4.25. The van der Waals surface area contributed by atoms with Crippen LogP contribution in [0.3, 0.4) is 0 Å². The van der Waals surface area contributed by atoms with Crippen molar-refractivity contribution in [2.75, 3.05) is 11.9 Å². The van der Waals surface area contributed by atoms with E-state index in [1.807, 2.05) is 60.8 Å². The van der Waals surface area contributed by atoms with Gasteiger partial charge in [0.05, 0.1) is 22.9 Å². The van der Waals surface area contributed by atoms with Gasteiger partial charge in [-0.25, -0.2) is 9.97 Å². The van der Waals surface area contributed by atoms with Crippen molar-refractivity contribution in [2.24, 2.45) is 11.7 Å². The molecule has 180 valence electrons. The molecule has 0 aliphatic carbocycles. The minimum atomic E-state index is -0.507. The van der Waals surface area contributed by atoms with Crippen LogP contribution < -0.4 is 11.1 Å². The number of amides is 1. The molecule has 0 aliphatic rings. The Bertz CT molecular complexity index is 1590. The van der Waals surface area contributed by atoms with Gasteiger partial charge in [0, 0.05) is 29.7 Å². The Kier molecular flexibility index (Phi) is 6.21. The lowest BCUT2D eigenvalue weighted by Gasteiger charge is -2.13. The standard InChI is InChI=1S/C29H27N5O2/c1-18(2)16-31-28-29-32-17-25(34(29)24-9-4-3-8-23(24)33-28)20-10-12-21(13-11-20)26(35)15-19-6-5-7-22(14-19)27(30)36/h3-14,17-18H,15-16H2,1-2H3,(H2,30,36)(H,31,33). The fraction of sp³-hybridized carbons (Fsp3) is 0.172. The Balaban J connectivity index is 1.48. The normalized spacial score (nSPS) is 11.3. The lowest BCUT2D eigenvalue weighted by Crippen LogP contribution is -2.11. The summed E-state index contributed by atoms with van der Waals surface area (Å²) in [6.07, 6.45) is 2.04. The van der Waals surface area contributed by atoms with E-state index in [2.05, 4.69) is 23.6 Å². The summed E-state index contributed by atoms with van der Waals surface area (Å²) < 4.78 is 2.11. The van der Waals surface area contributed by atoms with Crippen LogP contribution in [0.25, 0.3) is 27.9 Å². The summed E-state index contributed by atoms with van der Waals surface area (Å²) in [6.45, 7) is 5.10. The van der Waals surface area contributed by atoms with Crippen LogP contribution in [0.2, 0.25) is 0 Å². The number of Topliss-reactive ketones (excluding diaryl/α,β-unsaturated/α-hetero) is 1. The smallest absolute Gasteiger partial charge is 0.248 e. The van der Waals surface area contributed by atoms with Gasteiger partial charge in [-0.2, -0.15) is 0 Å². The highest BCUT2D eigenvalue weighted by atomic mass is 16.1. The number of ketones is 1. The minimum Gasteiger partial charge on any atom is -0.367 e. The Labute approximate surface area is 209 Å². The first kappa shape index (κ1) is 23.2. The first-order valence-electron chi connectivity index (χ1n) is 11.9. The van der Waals surface area contributed by atoms with E-state index >= 15 is 0 Å². The number of primary amides is 1. The molecule has 7 heteroatoms. The molecule has 2 aromatic heterocycles. The number of rotatable bonds is 8. The number of imidazole rings is 1. The van der Waals surface area contributed by atoms with Gasteiger partial charge in [-0.3, -0.25) is 14.0 Å². The highest BCUT2D eigenvalue weighted by molar-refractivity contribution is 5.98. The van der Waals surface area contributed by atoms with E-state index in [-0.39, 0.29) is 12.2 Å². The average Bonchev–Trinajstić information content (AvgIpc) is 3.33. The number of nitrogens with one attached hydrogen (secondary N) is 1. The Morgan fingerprint density at radius 2 is 1.75 bits per heavy atom. The molecule has 2 heterocycles. The molecule has 3 N–H and O–H groups in total. The predicted molar refractivity (Wildman–Crippen MR) is 142 cm³/mol. The number of hydrogen-bond donors (Lipinski definition) is 2.